The van der Waals surface area contributed by atoms with Crippen LogP contribution in [0.15, 0.2) is 36.5 Å². The van der Waals surface area contributed by atoms with Crippen LogP contribution in [0, 0.1) is 6.92 Å². The molecule has 2 unspecified atom stereocenters. The Bertz CT molecular complexity index is 691. The second kappa shape index (κ2) is 5.16. The summed E-state index contributed by atoms with van der Waals surface area (Å²) in [5.41, 5.74) is 2.76. The van der Waals surface area contributed by atoms with Crippen LogP contribution in [-0.4, -0.2) is 21.6 Å². The first-order valence-corrected chi connectivity index (χ1v) is 6.95. The summed E-state index contributed by atoms with van der Waals surface area (Å²) < 4.78 is 1.73. The van der Waals surface area contributed by atoms with E-state index in [1.807, 2.05) is 50.5 Å². The Balaban J connectivity index is 2.07. The number of hydrogen-bond acceptors (Lipinski definition) is 3. The topological polar surface area (TPSA) is 64.0 Å². The molecule has 3 rings (SSSR count). The Kier molecular flexibility index (Phi) is 3.33. The molecule has 0 aliphatic carbocycles. The van der Waals surface area contributed by atoms with Crippen molar-refractivity contribution in [2.75, 3.05) is 0 Å². The maximum absolute atomic E-state index is 12.3. The molecular weight excluding hydrogens is 266 g/mol. The van der Waals surface area contributed by atoms with Crippen molar-refractivity contribution < 1.29 is 9.59 Å². The first-order valence-electron chi connectivity index (χ1n) is 6.95. The van der Waals surface area contributed by atoms with Crippen LogP contribution in [-0.2, 0) is 16.6 Å². The zero-order valence-corrected chi connectivity index (χ0v) is 12.0. The van der Waals surface area contributed by atoms with Crippen molar-refractivity contribution in [1.29, 1.82) is 0 Å². The third kappa shape index (κ3) is 2.46. The van der Waals surface area contributed by atoms with Gasteiger partial charge in [-0.1, -0.05) is 30.3 Å². The third-order valence-corrected chi connectivity index (χ3v) is 3.96. The van der Waals surface area contributed by atoms with Crippen molar-refractivity contribution in [1.82, 2.24) is 15.1 Å². The number of aromatic nitrogens is 2. The van der Waals surface area contributed by atoms with E-state index in [1.54, 1.807) is 4.68 Å². The first-order chi connectivity index (χ1) is 10.1. The first kappa shape index (κ1) is 13.5. The second-order valence-corrected chi connectivity index (χ2v) is 5.45. The highest BCUT2D eigenvalue weighted by molar-refractivity contribution is 6.02. The van der Waals surface area contributed by atoms with Gasteiger partial charge in [-0.3, -0.25) is 19.6 Å². The van der Waals surface area contributed by atoms with Crippen molar-refractivity contribution in [2.45, 2.75) is 25.2 Å². The summed E-state index contributed by atoms with van der Waals surface area (Å²) in [6.07, 6.45) is 2.21. The molecule has 2 atom stereocenters. The predicted molar refractivity (Wildman–Crippen MR) is 77.6 cm³/mol. The summed E-state index contributed by atoms with van der Waals surface area (Å²) in [6.45, 7) is 1.91. The Morgan fingerprint density at radius 2 is 1.95 bits per heavy atom. The number of benzene rings is 1. The standard InChI is InChI=1S/C16H17N3O2/c1-10-13(9-19(2)18-10)12-8-14(20)17-16(21)15(12)11-6-4-3-5-7-11/h3-7,9,12,15H,8H2,1-2H3,(H,17,20,21). The molecule has 2 amide bonds. The van der Waals surface area contributed by atoms with E-state index in [0.717, 1.165) is 16.8 Å². The van der Waals surface area contributed by atoms with Crippen LogP contribution in [0.4, 0.5) is 0 Å². The van der Waals surface area contributed by atoms with Crippen LogP contribution in [0.5, 0.6) is 0 Å². The third-order valence-electron chi connectivity index (χ3n) is 3.96. The maximum Gasteiger partial charge on any atom is 0.234 e. The fraction of sp³-hybridized carbons (Fsp3) is 0.312. The molecule has 2 aromatic rings. The molecule has 5 heteroatoms. The van der Waals surface area contributed by atoms with Crippen LogP contribution in [0.3, 0.4) is 0 Å². The van der Waals surface area contributed by atoms with Gasteiger partial charge in [-0.25, -0.2) is 0 Å². The van der Waals surface area contributed by atoms with Gasteiger partial charge in [0.1, 0.15) is 0 Å². The van der Waals surface area contributed by atoms with Crippen molar-refractivity contribution in [3.8, 4) is 0 Å². The zero-order valence-electron chi connectivity index (χ0n) is 12.0. The van der Waals surface area contributed by atoms with Crippen LogP contribution in [0.25, 0.3) is 0 Å². The van der Waals surface area contributed by atoms with Gasteiger partial charge in [-0.2, -0.15) is 5.10 Å². The number of nitrogens with one attached hydrogen (secondary N) is 1. The van der Waals surface area contributed by atoms with Crippen LogP contribution in [0.1, 0.15) is 35.1 Å². The predicted octanol–water partition coefficient (Wildman–Crippen LogP) is 1.64. The van der Waals surface area contributed by atoms with E-state index in [9.17, 15) is 9.59 Å². The van der Waals surface area contributed by atoms with Crippen molar-refractivity contribution in [2.24, 2.45) is 7.05 Å². The maximum atomic E-state index is 12.3. The van der Waals surface area contributed by atoms with Gasteiger partial charge in [0.15, 0.2) is 0 Å². The quantitative estimate of drug-likeness (QED) is 0.852. The lowest BCUT2D eigenvalue weighted by atomic mass is 9.77. The Morgan fingerprint density at radius 3 is 2.57 bits per heavy atom. The molecular formula is C16H17N3O2. The molecule has 5 nitrogen and oxygen atoms in total. The number of piperidine rings is 1. The molecule has 21 heavy (non-hydrogen) atoms. The molecule has 0 spiro atoms. The zero-order chi connectivity index (χ0) is 15.0. The average Bonchev–Trinajstić information content (AvgIpc) is 2.77. The Labute approximate surface area is 123 Å². The molecule has 1 aromatic carbocycles. The van der Waals surface area contributed by atoms with E-state index in [1.165, 1.54) is 0 Å². The Morgan fingerprint density at radius 1 is 1.24 bits per heavy atom. The van der Waals surface area contributed by atoms with Gasteiger partial charge in [0, 0.05) is 25.6 Å². The number of hydrogen-bond donors (Lipinski definition) is 1. The normalized spacial score (nSPS) is 22.2. The van der Waals surface area contributed by atoms with E-state index in [4.69, 9.17) is 0 Å². The molecule has 1 aromatic heterocycles. The van der Waals surface area contributed by atoms with E-state index >= 15 is 0 Å². The number of carbonyl (C=O) groups excluding carboxylic acids is 2. The minimum atomic E-state index is -0.355. The van der Waals surface area contributed by atoms with E-state index in [-0.39, 0.29) is 23.7 Å². The molecule has 1 N–H and O–H groups in total. The largest absolute Gasteiger partial charge is 0.296 e. The lowest BCUT2D eigenvalue weighted by Crippen LogP contribution is -2.43. The second-order valence-electron chi connectivity index (χ2n) is 5.45. The van der Waals surface area contributed by atoms with Gasteiger partial charge in [-0.05, 0) is 18.1 Å². The molecule has 1 aliphatic rings. The molecule has 1 aliphatic heterocycles. The molecule has 1 fully saturated rings. The number of nitrogens with zero attached hydrogens (tertiary/aromatic N) is 2. The molecule has 0 radical (unpaired) electrons. The van der Waals surface area contributed by atoms with E-state index in [0.29, 0.717) is 6.42 Å². The summed E-state index contributed by atoms with van der Waals surface area (Å²) in [5.74, 6) is -0.972. The van der Waals surface area contributed by atoms with Gasteiger partial charge >= 0.3 is 0 Å². The minimum absolute atomic E-state index is 0.164. The number of carbonyl (C=O) groups is 2. The van der Waals surface area contributed by atoms with E-state index < -0.39 is 0 Å². The number of aryl methyl sites for hydroxylation is 2. The Hall–Kier alpha value is -2.43. The van der Waals surface area contributed by atoms with Gasteiger partial charge in [-0.15, -0.1) is 0 Å². The highest BCUT2D eigenvalue weighted by atomic mass is 16.2. The fourth-order valence-corrected chi connectivity index (χ4v) is 3.08. The molecule has 0 bridgehead atoms. The number of imide groups is 1. The van der Waals surface area contributed by atoms with Crippen molar-refractivity contribution in [3.63, 3.8) is 0 Å². The summed E-state index contributed by atoms with van der Waals surface area (Å²) in [4.78, 5) is 24.1. The summed E-state index contributed by atoms with van der Waals surface area (Å²) in [5, 5.41) is 6.79. The lowest BCUT2D eigenvalue weighted by molar-refractivity contribution is -0.135. The molecule has 108 valence electrons. The van der Waals surface area contributed by atoms with Crippen molar-refractivity contribution in [3.05, 3.63) is 53.3 Å². The van der Waals surface area contributed by atoms with Crippen LogP contribution >= 0.6 is 0 Å². The number of rotatable bonds is 2. The van der Waals surface area contributed by atoms with E-state index in [2.05, 4.69) is 10.4 Å². The van der Waals surface area contributed by atoms with Crippen molar-refractivity contribution >= 4 is 11.8 Å². The summed E-state index contributed by atoms with van der Waals surface area (Å²) >= 11 is 0. The molecule has 0 saturated carbocycles. The smallest absolute Gasteiger partial charge is 0.234 e. The molecule has 2 heterocycles. The summed E-state index contributed by atoms with van der Waals surface area (Å²) in [7, 11) is 1.85. The average molecular weight is 283 g/mol. The fourth-order valence-electron chi connectivity index (χ4n) is 3.08. The molecule has 1 saturated heterocycles. The highest BCUT2D eigenvalue weighted by Crippen LogP contribution is 2.39. The summed E-state index contributed by atoms with van der Waals surface area (Å²) in [6, 6.07) is 9.59. The van der Waals surface area contributed by atoms with Gasteiger partial charge in [0.2, 0.25) is 11.8 Å². The van der Waals surface area contributed by atoms with Crippen LogP contribution in [0.2, 0.25) is 0 Å². The lowest BCUT2D eigenvalue weighted by Gasteiger charge is -2.30. The monoisotopic (exact) mass is 283 g/mol. The highest BCUT2D eigenvalue weighted by Gasteiger charge is 2.39. The number of amides is 2. The van der Waals surface area contributed by atoms with Gasteiger partial charge < -0.3 is 0 Å². The minimum Gasteiger partial charge on any atom is -0.296 e. The van der Waals surface area contributed by atoms with Gasteiger partial charge in [0.05, 0.1) is 11.6 Å². The van der Waals surface area contributed by atoms with Gasteiger partial charge in [0.25, 0.3) is 0 Å². The van der Waals surface area contributed by atoms with Crippen LogP contribution < -0.4 is 5.32 Å². The SMILES string of the molecule is Cc1nn(C)cc1C1CC(=O)NC(=O)C1c1ccccc1.